The molecular weight excluding hydrogens is 476 g/mol. The zero-order valence-corrected chi connectivity index (χ0v) is 24.0. The summed E-state index contributed by atoms with van der Waals surface area (Å²) in [7, 11) is 0. The smallest absolute Gasteiger partial charge is 0.169 e. The fourth-order valence-corrected chi connectivity index (χ4v) is 6.08. The first-order valence-corrected chi connectivity index (χ1v) is 16.0. The van der Waals surface area contributed by atoms with Gasteiger partial charge in [0.15, 0.2) is 5.79 Å². The first-order chi connectivity index (χ1) is 18.7. The molecular formula is C33H56O5. The van der Waals surface area contributed by atoms with Gasteiger partial charge in [0.05, 0.1) is 18.8 Å². The molecule has 1 aromatic rings. The highest BCUT2D eigenvalue weighted by atomic mass is 16.8. The van der Waals surface area contributed by atoms with Crippen LogP contribution in [-0.4, -0.2) is 47.5 Å². The minimum absolute atomic E-state index is 0.0346. The molecule has 2 aliphatic heterocycles. The van der Waals surface area contributed by atoms with E-state index in [0.29, 0.717) is 13.2 Å². The molecule has 0 spiro atoms. The van der Waals surface area contributed by atoms with Crippen molar-refractivity contribution in [2.45, 2.75) is 159 Å². The second-order valence-electron chi connectivity index (χ2n) is 11.7. The third-order valence-electron chi connectivity index (χ3n) is 8.39. The van der Waals surface area contributed by atoms with E-state index in [1.807, 2.05) is 6.07 Å². The van der Waals surface area contributed by atoms with E-state index in [9.17, 15) is 5.11 Å². The second kappa shape index (κ2) is 19.2. The van der Waals surface area contributed by atoms with Gasteiger partial charge in [0.2, 0.25) is 0 Å². The molecule has 0 radical (unpaired) electrons. The van der Waals surface area contributed by atoms with Gasteiger partial charge in [0.1, 0.15) is 6.10 Å². The lowest BCUT2D eigenvalue weighted by atomic mass is 9.94. The molecule has 2 bridgehead atoms. The lowest BCUT2D eigenvalue weighted by molar-refractivity contribution is -0.214. The van der Waals surface area contributed by atoms with Gasteiger partial charge in [-0.25, -0.2) is 0 Å². The Hall–Kier alpha value is -0.980. The van der Waals surface area contributed by atoms with E-state index < -0.39 is 5.79 Å². The Morgan fingerprint density at radius 3 is 2.00 bits per heavy atom. The molecule has 0 aromatic heterocycles. The lowest BCUT2D eigenvalue weighted by Gasteiger charge is -2.33. The van der Waals surface area contributed by atoms with Crippen LogP contribution < -0.4 is 0 Å². The summed E-state index contributed by atoms with van der Waals surface area (Å²) in [5, 5.41) is 19.3. The Morgan fingerprint density at radius 1 is 0.737 bits per heavy atom. The van der Waals surface area contributed by atoms with Gasteiger partial charge < -0.3 is 24.4 Å². The number of hydrogen-bond acceptors (Lipinski definition) is 5. The van der Waals surface area contributed by atoms with E-state index in [4.69, 9.17) is 19.3 Å². The summed E-state index contributed by atoms with van der Waals surface area (Å²) in [6, 6.07) is 10.3. The van der Waals surface area contributed by atoms with E-state index in [0.717, 1.165) is 64.4 Å². The van der Waals surface area contributed by atoms with Crippen molar-refractivity contribution in [3.8, 4) is 0 Å². The molecule has 0 saturated carbocycles. The largest absolute Gasteiger partial charge is 0.396 e. The van der Waals surface area contributed by atoms with Gasteiger partial charge in [-0.15, -0.1) is 0 Å². The number of ether oxygens (including phenoxy) is 3. The summed E-state index contributed by atoms with van der Waals surface area (Å²) in [6.45, 7) is 1.82. The number of fused-ring (bicyclic) bond motifs is 2. The Labute approximate surface area is 232 Å². The number of aliphatic hydroxyl groups is 2. The summed E-state index contributed by atoms with van der Waals surface area (Å²) in [5.41, 5.74) is 1.23. The van der Waals surface area contributed by atoms with Crippen LogP contribution in [0.3, 0.4) is 0 Å². The molecule has 3 rings (SSSR count). The predicted octanol–water partition coefficient (Wildman–Crippen LogP) is 7.85. The quantitative estimate of drug-likeness (QED) is 0.140. The molecule has 0 unspecified atom stereocenters. The number of unbranched alkanes of at least 4 members (excludes halogenated alkanes) is 14. The molecule has 2 N–H and O–H groups in total. The van der Waals surface area contributed by atoms with Crippen LogP contribution >= 0.6 is 0 Å². The summed E-state index contributed by atoms with van der Waals surface area (Å²) >= 11 is 0. The van der Waals surface area contributed by atoms with Crippen molar-refractivity contribution in [3.05, 3.63) is 35.9 Å². The maximum Gasteiger partial charge on any atom is 0.169 e. The molecule has 2 aliphatic rings. The summed E-state index contributed by atoms with van der Waals surface area (Å²) in [5.74, 6) is -0.440. The second-order valence-corrected chi connectivity index (χ2v) is 11.7. The monoisotopic (exact) mass is 532 g/mol. The Balaban J connectivity index is 1.17. The average Bonchev–Trinajstić information content (AvgIpc) is 3.24. The normalized spacial score (nSPS) is 24.7. The van der Waals surface area contributed by atoms with Gasteiger partial charge in [-0.2, -0.15) is 0 Å². The molecule has 2 fully saturated rings. The molecule has 218 valence electrons. The highest BCUT2D eigenvalue weighted by molar-refractivity contribution is 5.13. The third-order valence-corrected chi connectivity index (χ3v) is 8.39. The molecule has 1 aromatic carbocycles. The molecule has 0 aliphatic carbocycles. The van der Waals surface area contributed by atoms with Gasteiger partial charge in [-0.3, -0.25) is 0 Å². The average molecular weight is 533 g/mol. The van der Waals surface area contributed by atoms with Gasteiger partial charge in [-0.05, 0) is 37.7 Å². The molecule has 5 nitrogen and oxygen atoms in total. The molecule has 4 atom stereocenters. The van der Waals surface area contributed by atoms with E-state index in [2.05, 4.69) is 24.3 Å². The first kappa shape index (κ1) is 31.5. The molecule has 0 amide bonds. The number of aliphatic hydroxyl groups excluding tert-OH is 2. The third kappa shape index (κ3) is 12.0. The molecule has 2 saturated heterocycles. The number of hydrogen-bond donors (Lipinski definition) is 2. The van der Waals surface area contributed by atoms with Gasteiger partial charge >= 0.3 is 0 Å². The minimum atomic E-state index is -0.440. The maximum atomic E-state index is 10.5. The van der Waals surface area contributed by atoms with Crippen LogP contribution in [0.2, 0.25) is 0 Å². The zero-order chi connectivity index (χ0) is 26.7. The predicted molar refractivity (Wildman–Crippen MR) is 154 cm³/mol. The topological polar surface area (TPSA) is 68.2 Å². The minimum Gasteiger partial charge on any atom is -0.396 e. The Kier molecular flexibility index (Phi) is 15.9. The van der Waals surface area contributed by atoms with Crippen LogP contribution in [0.4, 0.5) is 0 Å². The highest BCUT2D eigenvalue weighted by Crippen LogP contribution is 2.44. The van der Waals surface area contributed by atoms with E-state index >= 15 is 0 Å². The Bertz CT molecular complexity index is 698. The van der Waals surface area contributed by atoms with Crippen LogP contribution in [0, 0.1) is 0 Å². The van der Waals surface area contributed by atoms with Crippen molar-refractivity contribution in [1.82, 2.24) is 0 Å². The van der Waals surface area contributed by atoms with Gasteiger partial charge in [-0.1, -0.05) is 114 Å². The maximum absolute atomic E-state index is 10.5. The fourth-order valence-electron chi connectivity index (χ4n) is 6.08. The van der Waals surface area contributed by atoms with Crippen LogP contribution in [0.15, 0.2) is 30.3 Å². The standard InChI is InChI=1S/C33H56O5/c34-26-18-11-9-7-5-3-1-2-4-6-8-10-17-24-33-25-23-30(35)32(38-33)31(37-33)22-16-13-19-27-36-28-29-20-14-12-15-21-29/h12,14-15,20-21,30-32,34-35H,1-11,13,16-19,22-28H2/t30-,31-,32-,33+/m1/s1. The number of benzene rings is 1. The highest BCUT2D eigenvalue weighted by Gasteiger charge is 2.52. The van der Waals surface area contributed by atoms with Crippen molar-refractivity contribution < 1.29 is 24.4 Å². The van der Waals surface area contributed by atoms with Crippen LogP contribution in [-0.2, 0) is 20.8 Å². The molecule has 5 heteroatoms. The van der Waals surface area contributed by atoms with Crippen LogP contribution in [0.25, 0.3) is 0 Å². The van der Waals surface area contributed by atoms with E-state index in [-0.39, 0.29) is 18.3 Å². The van der Waals surface area contributed by atoms with Crippen molar-refractivity contribution in [2.24, 2.45) is 0 Å². The van der Waals surface area contributed by atoms with Crippen molar-refractivity contribution in [2.75, 3.05) is 13.2 Å². The Morgan fingerprint density at radius 2 is 1.34 bits per heavy atom. The molecule has 38 heavy (non-hydrogen) atoms. The fraction of sp³-hybridized carbons (Fsp3) is 0.818. The van der Waals surface area contributed by atoms with E-state index in [1.165, 1.54) is 76.2 Å². The summed E-state index contributed by atoms with van der Waals surface area (Å²) in [6.07, 6.45) is 23.0. The van der Waals surface area contributed by atoms with Crippen LogP contribution in [0.1, 0.15) is 134 Å². The summed E-state index contributed by atoms with van der Waals surface area (Å²) < 4.78 is 18.7. The SMILES string of the molecule is OCCCCCCCCCCCCCCC[C@@]12CC[C@@H](O)[C@@H](O1)[C@@H](CCCCCOCc1ccccc1)O2. The van der Waals surface area contributed by atoms with E-state index in [1.54, 1.807) is 0 Å². The summed E-state index contributed by atoms with van der Waals surface area (Å²) in [4.78, 5) is 0. The van der Waals surface area contributed by atoms with Crippen molar-refractivity contribution >= 4 is 0 Å². The first-order valence-electron chi connectivity index (χ1n) is 16.0. The van der Waals surface area contributed by atoms with Crippen molar-refractivity contribution in [3.63, 3.8) is 0 Å². The van der Waals surface area contributed by atoms with Crippen molar-refractivity contribution in [1.29, 1.82) is 0 Å². The van der Waals surface area contributed by atoms with Crippen LogP contribution in [0.5, 0.6) is 0 Å². The number of rotatable bonds is 23. The molecule has 2 heterocycles. The zero-order valence-electron chi connectivity index (χ0n) is 24.0. The van der Waals surface area contributed by atoms with Gasteiger partial charge in [0, 0.05) is 26.1 Å². The van der Waals surface area contributed by atoms with Gasteiger partial charge in [0.25, 0.3) is 0 Å². The lowest BCUT2D eigenvalue weighted by Crippen LogP contribution is -2.41.